The topological polar surface area (TPSA) is 78.0 Å². The average Bonchev–Trinajstić information content (AvgIpc) is 3.14. The lowest BCUT2D eigenvalue weighted by molar-refractivity contribution is -0.132. The highest BCUT2D eigenvalue weighted by Crippen LogP contribution is 2.40. The summed E-state index contributed by atoms with van der Waals surface area (Å²) in [5, 5.41) is 0. The van der Waals surface area contributed by atoms with Crippen molar-refractivity contribution in [1.82, 2.24) is 9.21 Å². The van der Waals surface area contributed by atoms with E-state index in [0.717, 1.165) is 22.7 Å². The maximum Gasteiger partial charge on any atom is 0.242 e. The Kier molecular flexibility index (Phi) is 5.46. The van der Waals surface area contributed by atoms with Crippen LogP contribution < -0.4 is 4.90 Å². The number of fused-ring (bicyclic) bond motifs is 1. The fourth-order valence-electron chi connectivity index (χ4n) is 4.39. The molecule has 1 aromatic carbocycles. The molecule has 2 aliphatic rings. The number of benzene rings is 1. The van der Waals surface area contributed by atoms with Gasteiger partial charge in [-0.1, -0.05) is 31.5 Å². The molecule has 0 aromatic heterocycles. The third-order valence-electron chi connectivity index (χ3n) is 5.51. The Balaban J connectivity index is 1.81. The van der Waals surface area contributed by atoms with E-state index >= 15 is 0 Å². The zero-order valence-corrected chi connectivity index (χ0v) is 16.9. The van der Waals surface area contributed by atoms with Crippen molar-refractivity contribution in [2.45, 2.75) is 38.3 Å². The molecular formula is C19H27N3O4S. The third-order valence-corrected chi connectivity index (χ3v) is 6.68. The fraction of sp³-hybridized carbons (Fsp3) is 0.579. The average molecular weight is 394 g/mol. The van der Waals surface area contributed by atoms with Gasteiger partial charge in [0.1, 0.15) is 0 Å². The molecule has 0 bridgehead atoms. The predicted octanol–water partition coefficient (Wildman–Crippen LogP) is 1.31. The second-order valence-corrected chi connectivity index (χ2v) is 9.28. The van der Waals surface area contributed by atoms with Gasteiger partial charge in [-0.2, -0.15) is 0 Å². The first-order chi connectivity index (χ1) is 12.8. The van der Waals surface area contributed by atoms with Gasteiger partial charge in [-0.25, -0.2) is 12.7 Å². The smallest absolute Gasteiger partial charge is 0.242 e. The van der Waals surface area contributed by atoms with Crippen LogP contribution in [0.5, 0.6) is 0 Å². The molecule has 27 heavy (non-hydrogen) atoms. The molecule has 0 N–H and O–H groups in total. The first-order valence-corrected chi connectivity index (χ1v) is 11.2. The molecule has 2 aliphatic heterocycles. The van der Waals surface area contributed by atoms with Gasteiger partial charge in [0.25, 0.3) is 0 Å². The van der Waals surface area contributed by atoms with E-state index in [1.165, 1.54) is 0 Å². The van der Waals surface area contributed by atoms with Crippen LogP contribution in [0.15, 0.2) is 30.3 Å². The van der Waals surface area contributed by atoms with Gasteiger partial charge in [0.05, 0.1) is 30.8 Å². The molecule has 0 saturated carbocycles. The molecule has 8 heteroatoms. The molecule has 3 atom stereocenters. The minimum Gasteiger partial charge on any atom is -0.365 e. The molecule has 148 valence electrons. The summed E-state index contributed by atoms with van der Waals surface area (Å²) < 4.78 is 25.4. The number of likely N-dealkylation sites (tertiary alicyclic amines) is 1. The number of carbonyl (C=O) groups is 2. The van der Waals surface area contributed by atoms with Gasteiger partial charge >= 0.3 is 0 Å². The summed E-state index contributed by atoms with van der Waals surface area (Å²) in [6.45, 7) is 2.64. The van der Waals surface area contributed by atoms with E-state index in [1.54, 1.807) is 4.90 Å². The van der Waals surface area contributed by atoms with Crippen LogP contribution in [0.4, 0.5) is 5.69 Å². The molecule has 0 spiro atoms. The highest BCUT2D eigenvalue weighted by molar-refractivity contribution is 7.88. The Bertz CT molecular complexity index is 812. The van der Waals surface area contributed by atoms with Crippen molar-refractivity contribution in [2.75, 3.05) is 31.3 Å². The van der Waals surface area contributed by atoms with E-state index in [9.17, 15) is 18.0 Å². The van der Waals surface area contributed by atoms with Gasteiger partial charge in [-0.05, 0) is 25.0 Å². The zero-order valence-electron chi connectivity index (χ0n) is 16.0. The summed E-state index contributed by atoms with van der Waals surface area (Å²) in [6, 6.07) is 8.83. The predicted molar refractivity (Wildman–Crippen MR) is 104 cm³/mol. The van der Waals surface area contributed by atoms with Crippen LogP contribution in [0, 0.1) is 5.92 Å². The fourth-order valence-corrected chi connectivity index (χ4v) is 5.57. The highest BCUT2D eigenvalue weighted by Gasteiger charge is 2.57. The monoisotopic (exact) mass is 393 g/mol. The molecule has 1 aromatic rings. The van der Waals surface area contributed by atoms with Crippen LogP contribution in [0.1, 0.15) is 26.2 Å². The summed E-state index contributed by atoms with van der Waals surface area (Å²) in [4.78, 5) is 29.4. The Morgan fingerprint density at radius 1 is 1.26 bits per heavy atom. The van der Waals surface area contributed by atoms with Gasteiger partial charge < -0.3 is 9.80 Å². The van der Waals surface area contributed by atoms with E-state index in [2.05, 4.69) is 0 Å². The first-order valence-electron chi connectivity index (χ1n) is 9.34. The number of hydrogen-bond acceptors (Lipinski definition) is 5. The molecule has 0 aliphatic carbocycles. The number of sulfonamides is 1. The Hall–Kier alpha value is -2.09. The number of nitrogens with zero attached hydrogens (tertiary/aromatic N) is 3. The summed E-state index contributed by atoms with van der Waals surface area (Å²) in [6.07, 6.45) is 2.93. The summed E-state index contributed by atoms with van der Waals surface area (Å²) in [5.74, 6) is -0.871. The van der Waals surface area contributed by atoms with Crippen molar-refractivity contribution < 1.29 is 18.0 Å². The number of rotatable bonds is 6. The van der Waals surface area contributed by atoms with Crippen LogP contribution in [0.25, 0.3) is 0 Å². The summed E-state index contributed by atoms with van der Waals surface area (Å²) in [5.41, 5.74) is 0.937. The zero-order chi connectivity index (χ0) is 19.8. The lowest BCUT2D eigenvalue weighted by Gasteiger charge is -2.29. The number of carbonyl (C=O) groups excluding carboxylic acids is 2. The standard InChI is InChI=1S/C19H27N3O4S/c1-4-8-15-18-16(22(19(15)24)27(3,25)26)11-12-21(18)17(23)13-20(2)14-9-6-5-7-10-14/h5-7,9-10,15-16,18H,4,8,11-13H2,1-3H3/t15-,16+,18-/m1/s1. The van der Waals surface area contributed by atoms with Crippen LogP contribution in [0.3, 0.4) is 0 Å². The maximum absolute atomic E-state index is 13.0. The third kappa shape index (κ3) is 3.67. The van der Waals surface area contributed by atoms with Crippen LogP contribution in [0.2, 0.25) is 0 Å². The number of para-hydroxylation sites is 1. The van der Waals surface area contributed by atoms with Crippen LogP contribution in [-0.4, -0.2) is 67.9 Å². The highest BCUT2D eigenvalue weighted by atomic mass is 32.2. The van der Waals surface area contributed by atoms with Crippen molar-refractivity contribution >= 4 is 27.5 Å². The minimum atomic E-state index is -3.64. The molecular weight excluding hydrogens is 366 g/mol. The molecule has 3 rings (SSSR count). The van der Waals surface area contributed by atoms with Gasteiger partial charge in [0.2, 0.25) is 21.8 Å². The molecule has 2 fully saturated rings. The largest absolute Gasteiger partial charge is 0.365 e. The molecule has 0 radical (unpaired) electrons. The van der Waals surface area contributed by atoms with Crippen molar-refractivity contribution in [3.05, 3.63) is 30.3 Å². The van der Waals surface area contributed by atoms with E-state index in [0.29, 0.717) is 19.4 Å². The number of hydrogen-bond donors (Lipinski definition) is 0. The Morgan fingerprint density at radius 3 is 2.52 bits per heavy atom. The summed E-state index contributed by atoms with van der Waals surface area (Å²) >= 11 is 0. The lowest BCUT2D eigenvalue weighted by atomic mass is 9.94. The van der Waals surface area contributed by atoms with Crippen LogP contribution >= 0.6 is 0 Å². The van der Waals surface area contributed by atoms with Crippen molar-refractivity contribution in [1.29, 1.82) is 0 Å². The van der Waals surface area contributed by atoms with Crippen LogP contribution in [-0.2, 0) is 19.6 Å². The van der Waals surface area contributed by atoms with Gasteiger partial charge in [-0.3, -0.25) is 9.59 Å². The van der Waals surface area contributed by atoms with Gasteiger partial charge in [-0.15, -0.1) is 0 Å². The molecule has 7 nitrogen and oxygen atoms in total. The number of likely N-dealkylation sites (N-methyl/N-ethyl adjacent to an activating group) is 1. The SMILES string of the molecule is CCC[C@H]1C(=O)N(S(C)(=O)=O)[C@H]2CCN(C(=O)CN(C)c3ccccc3)[C@H]12. The molecule has 2 amide bonds. The van der Waals surface area contributed by atoms with Crippen molar-refractivity contribution in [3.8, 4) is 0 Å². The quantitative estimate of drug-likeness (QED) is 0.728. The molecule has 2 saturated heterocycles. The number of amides is 2. The molecule has 2 heterocycles. The van der Waals surface area contributed by atoms with Crippen molar-refractivity contribution in [2.24, 2.45) is 5.92 Å². The van der Waals surface area contributed by atoms with E-state index in [4.69, 9.17) is 0 Å². The maximum atomic E-state index is 13.0. The minimum absolute atomic E-state index is 0.0712. The van der Waals surface area contributed by atoms with Gasteiger partial charge in [0, 0.05) is 19.3 Å². The molecule has 0 unspecified atom stereocenters. The van der Waals surface area contributed by atoms with E-state index < -0.39 is 22.0 Å². The first kappa shape index (κ1) is 19.7. The lowest BCUT2D eigenvalue weighted by Crippen LogP contribution is -2.46. The van der Waals surface area contributed by atoms with Gasteiger partial charge in [0.15, 0.2) is 0 Å². The Labute approximate surface area is 161 Å². The van der Waals surface area contributed by atoms with Crippen molar-refractivity contribution in [3.63, 3.8) is 0 Å². The van der Waals surface area contributed by atoms with E-state index in [-0.39, 0.29) is 24.4 Å². The second kappa shape index (κ2) is 7.50. The second-order valence-electron chi connectivity index (χ2n) is 7.42. The number of anilines is 1. The van der Waals surface area contributed by atoms with E-state index in [1.807, 2.05) is 49.2 Å². The Morgan fingerprint density at radius 2 is 1.93 bits per heavy atom. The normalized spacial score (nSPS) is 25.0. The summed E-state index contributed by atoms with van der Waals surface area (Å²) in [7, 11) is -1.78.